The van der Waals surface area contributed by atoms with Crippen molar-refractivity contribution in [3.8, 4) is 0 Å². The van der Waals surface area contributed by atoms with Gasteiger partial charge in [0.05, 0.1) is 11.8 Å². The number of methoxy groups -OCH3 is 1. The summed E-state index contributed by atoms with van der Waals surface area (Å²) >= 11 is 0. The summed E-state index contributed by atoms with van der Waals surface area (Å²) in [5.74, 6) is 0.395. The molecule has 0 bridgehead atoms. The van der Waals surface area contributed by atoms with Crippen LogP contribution in [0.15, 0.2) is 18.2 Å². The molecule has 0 amide bonds. The van der Waals surface area contributed by atoms with Crippen molar-refractivity contribution in [2.45, 2.75) is 45.9 Å². The number of anilines is 1. The van der Waals surface area contributed by atoms with Crippen LogP contribution in [0.5, 0.6) is 0 Å². The van der Waals surface area contributed by atoms with Crippen molar-refractivity contribution in [2.75, 3.05) is 25.1 Å². The molecule has 2 atom stereocenters. The molecule has 0 spiro atoms. The summed E-state index contributed by atoms with van der Waals surface area (Å²) in [6.07, 6.45) is 1.22. The van der Waals surface area contributed by atoms with Crippen molar-refractivity contribution < 1.29 is 9.13 Å². The summed E-state index contributed by atoms with van der Waals surface area (Å²) in [5.41, 5.74) is 1.68. The lowest BCUT2D eigenvalue weighted by Gasteiger charge is -2.37. The molecule has 1 N–H and O–H groups in total. The first kappa shape index (κ1) is 16.2. The van der Waals surface area contributed by atoms with Gasteiger partial charge < -0.3 is 15.0 Å². The smallest absolute Gasteiger partial charge is 0.146 e. The van der Waals surface area contributed by atoms with Gasteiger partial charge >= 0.3 is 0 Å². The van der Waals surface area contributed by atoms with Gasteiger partial charge in [0.1, 0.15) is 5.82 Å². The number of rotatable bonds is 5. The number of benzene rings is 1. The maximum Gasteiger partial charge on any atom is 0.146 e. The van der Waals surface area contributed by atoms with E-state index in [2.05, 4.69) is 31.0 Å². The fourth-order valence-corrected chi connectivity index (χ4v) is 2.80. The average molecular weight is 294 g/mol. The highest BCUT2D eigenvalue weighted by Crippen LogP contribution is 2.27. The van der Waals surface area contributed by atoms with E-state index in [1.165, 1.54) is 0 Å². The van der Waals surface area contributed by atoms with Gasteiger partial charge in [-0.2, -0.15) is 0 Å². The summed E-state index contributed by atoms with van der Waals surface area (Å²) in [4.78, 5) is 2.10. The van der Waals surface area contributed by atoms with Crippen LogP contribution in [0.4, 0.5) is 10.1 Å². The predicted octanol–water partition coefficient (Wildman–Crippen LogP) is 3.18. The number of ether oxygens (including phenoxy) is 1. The first-order chi connectivity index (χ1) is 10.0. The molecular formula is C17H27FN2O. The van der Waals surface area contributed by atoms with E-state index in [0.29, 0.717) is 24.2 Å². The maximum absolute atomic E-state index is 14.4. The van der Waals surface area contributed by atoms with Crippen molar-refractivity contribution >= 4 is 5.69 Å². The van der Waals surface area contributed by atoms with Gasteiger partial charge in [0, 0.05) is 32.8 Å². The van der Waals surface area contributed by atoms with E-state index in [1.807, 2.05) is 12.1 Å². The lowest BCUT2D eigenvalue weighted by Crippen LogP contribution is -2.44. The molecule has 1 saturated heterocycles. The van der Waals surface area contributed by atoms with E-state index >= 15 is 0 Å². The van der Waals surface area contributed by atoms with Gasteiger partial charge in [-0.15, -0.1) is 0 Å². The Balaban J connectivity index is 2.06. The van der Waals surface area contributed by atoms with Crippen LogP contribution >= 0.6 is 0 Å². The topological polar surface area (TPSA) is 24.5 Å². The minimum atomic E-state index is -0.137. The number of halogens is 1. The summed E-state index contributed by atoms with van der Waals surface area (Å²) in [6, 6.07) is 5.95. The minimum absolute atomic E-state index is 0.137. The summed E-state index contributed by atoms with van der Waals surface area (Å²) in [6.45, 7) is 8.73. The standard InChI is InChI=1S/C17H27FN2O/c1-12(2)19-10-14-5-6-16(15(18)9-14)20-8-7-13(3)17(11-20)21-4/h5-6,9,12-13,17,19H,7-8,10-11H2,1-4H3. The molecule has 0 saturated carbocycles. The molecule has 3 nitrogen and oxygen atoms in total. The normalized spacial score (nSPS) is 22.9. The van der Waals surface area contributed by atoms with Gasteiger partial charge in [-0.05, 0) is 30.0 Å². The predicted molar refractivity (Wildman–Crippen MR) is 85.2 cm³/mol. The molecule has 1 aliphatic rings. The van der Waals surface area contributed by atoms with E-state index in [9.17, 15) is 4.39 Å². The Kier molecular flexibility index (Phi) is 5.59. The lowest BCUT2D eigenvalue weighted by molar-refractivity contribution is 0.0497. The second kappa shape index (κ2) is 7.23. The largest absolute Gasteiger partial charge is 0.379 e. The molecule has 1 heterocycles. The monoisotopic (exact) mass is 294 g/mol. The SMILES string of the molecule is COC1CN(c2ccc(CNC(C)C)cc2F)CCC1C. The van der Waals surface area contributed by atoms with E-state index < -0.39 is 0 Å². The minimum Gasteiger partial charge on any atom is -0.379 e. The first-order valence-corrected chi connectivity index (χ1v) is 7.80. The van der Waals surface area contributed by atoms with Crippen molar-refractivity contribution in [3.63, 3.8) is 0 Å². The zero-order valence-electron chi connectivity index (χ0n) is 13.5. The highest BCUT2D eigenvalue weighted by molar-refractivity contribution is 5.49. The first-order valence-electron chi connectivity index (χ1n) is 7.80. The second-order valence-electron chi connectivity index (χ2n) is 6.31. The molecule has 21 heavy (non-hydrogen) atoms. The van der Waals surface area contributed by atoms with Gasteiger partial charge in [0.15, 0.2) is 0 Å². The van der Waals surface area contributed by atoms with Gasteiger partial charge in [-0.1, -0.05) is 26.8 Å². The highest BCUT2D eigenvalue weighted by atomic mass is 19.1. The number of hydrogen-bond donors (Lipinski definition) is 1. The molecule has 0 aliphatic carbocycles. The van der Waals surface area contributed by atoms with Crippen LogP contribution in [-0.4, -0.2) is 32.3 Å². The molecule has 1 aromatic carbocycles. The van der Waals surface area contributed by atoms with Crippen molar-refractivity contribution in [1.29, 1.82) is 0 Å². The molecule has 0 radical (unpaired) electrons. The molecule has 4 heteroatoms. The second-order valence-corrected chi connectivity index (χ2v) is 6.31. The van der Waals surface area contributed by atoms with Crippen LogP contribution in [0.1, 0.15) is 32.8 Å². The van der Waals surface area contributed by atoms with Crippen LogP contribution in [-0.2, 0) is 11.3 Å². The van der Waals surface area contributed by atoms with Crippen LogP contribution in [0.2, 0.25) is 0 Å². The molecule has 1 aromatic rings. The molecule has 118 valence electrons. The van der Waals surface area contributed by atoms with Crippen molar-refractivity contribution in [1.82, 2.24) is 5.32 Å². The summed E-state index contributed by atoms with van der Waals surface area (Å²) in [5, 5.41) is 3.31. The lowest BCUT2D eigenvalue weighted by atomic mass is 9.95. The Labute approximate surface area is 127 Å². The molecule has 1 fully saturated rings. The molecule has 0 aromatic heterocycles. The number of piperidine rings is 1. The summed E-state index contributed by atoms with van der Waals surface area (Å²) < 4.78 is 19.9. The third-order valence-corrected chi connectivity index (χ3v) is 4.26. The van der Waals surface area contributed by atoms with Crippen LogP contribution < -0.4 is 10.2 Å². The number of nitrogens with zero attached hydrogens (tertiary/aromatic N) is 1. The summed E-state index contributed by atoms with van der Waals surface area (Å²) in [7, 11) is 1.74. The molecule has 2 rings (SSSR count). The fourth-order valence-electron chi connectivity index (χ4n) is 2.80. The molecule has 1 aliphatic heterocycles. The highest BCUT2D eigenvalue weighted by Gasteiger charge is 2.27. The van der Waals surface area contributed by atoms with Gasteiger partial charge in [0.25, 0.3) is 0 Å². The third kappa shape index (κ3) is 4.17. The zero-order valence-corrected chi connectivity index (χ0v) is 13.5. The van der Waals surface area contributed by atoms with Crippen molar-refractivity contribution in [2.24, 2.45) is 5.92 Å². The zero-order chi connectivity index (χ0) is 15.4. The van der Waals surface area contributed by atoms with E-state index in [4.69, 9.17) is 4.74 Å². The Morgan fingerprint density at radius 2 is 2.19 bits per heavy atom. The third-order valence-electron chi connectivity index (χ3n) is 4.26. The Morgan fingerprint density at radius 3 is 2.81 bits per heavy atom. The maximum atomic E-state index is 14.4. The fraction of sp³-hybridized carbons (Fsp3) is 0.647. The van der Waals surface area contributed by atoms with Gasteiger partial charge in [-0.3, -0.25) is 0 Å². The van der Waals surface area contributed by atoms with Gasteiger partial charge in [0.2, 0.25) is 0 Å². The quantitative estimate of drug-likeness (QED) is 0.902. The van der Waals surface area contributed by atoms with Crippen molar-refractivity contribution in [3.05, 3.63) is 29.6 Å². The van der Waals surface area contributed by atoms with Crippen LogP contribution in [0.25, 0.3) is 0 Å². The Morgan fingerprint density at radius 1 is 1.43 bits per heavy atom. The number of hydrogen-bond acceptors (Lipinski definition) is 3. The Bertz CT molecular complexity index is 464. The Hall–Kier alpha value is -1.13. The van der Waals surface area contributed by atoms with Crippen LogP contribution in [0.3, 0.4) is 0 Å². The molecule has 2 unspecified atom stereocenters. The van der Waals surface area contributed by atoms with Gasteiger partial charge in [-0.25, -0.2) is 4.39 Å². The number of nitrogens with one attached hydrogen (secondary N) is 1. The average Bonchev–Trinajstić information content (AvgIpc) is 2.46. The van der Waals surface area contributed by atoms with E-state index in [-0.39, 0.29) is 11.9 Å². The van der Waals surface area contributed by atoms with E-state index in [0.717, 1.165) is 25.1 Å². The van der Waals surface area contributed by atoms with E-state index in [1.54, 1.807) is 13.2 Å². The van der Waals surface area contributed by atoms with Crippen LogP contribution in [0, 0.1) is 11.7 Å². The molecular weight excluding hydrogens is 267 g/mol.